The first-order valence-corrected chi connectivity index (χ1v) is 6.01. The molecular formula is C13H14FNO4. The molecule has 0 aromatic heterocycles. The minimum absolute atomic E-state index is 0.148. The van der Waals surface area contributed by atoms with E-state index in [1.807, 2.05) is 0 Å². The van der Waals surface area contributed by atoms with Crippen LogP contribution < -0.4 is 4.74 Å². The highest BCUT2D eigenvalue weighted by atomic mass is 19.1. The van der Waals surface area contributed by atoms with Crippen molar-refractivity contribution in [3.05, 3.63) is 30.1 Å². The Bertz CT molecular complexity index is 474. The summed E-state index contributed by atoms with van der Waals surface area (Å²) in [6, 6.07) is 5.09. The number of nitrogens with zero attached hydrogens (tertiary/aromatic N) is 1. The first-order chi connectivity index (χ1) is 9.06. The fourth-order valence-corrected chi connectivity index (χ4v) is 2.01. The fraction of sp³-hybridized carbons (Fsp3) is 0.385. The summed E-state index contributed by atoms with van der Waals surface area (Å²) in [5.74, 6) is -1.62. The molecule has 1 aromatic carbocycles. The van der Waals surface area contributed by atoms with E-state index in [0.29, 0.717) is 19.4 Å². The fourth-order valence-electron chi connectivity index (χ4n) is 2.01. The average molecular weight is 267 g/mol. The smallest absolute Gasteiger partial charge is 0.415 e. The zero-order chi connectivity index (χ0) is 13.8. The van der Waals surface area contributed by atoms with Crippen LogP contribution in [0.1, 0.15) is 12.8 Å². The zero-order valence-corrected chi connectivity index (χ0v) is 10.2. The van der Waals surface area contributed by atoms with Gasteiger partial charge in [0.05, 0.1) is 5.92 Å². The topological polar surface area (TPSA) is 66.8 Å². The SMILES string of the molecule is O=C(O)C1CCCN(C(=O)Oc2ccc(F)cc2)C1. The number of carboxylic acids is 1. The van der Waals surface area contributed by atoms with Crippen molar-refractivity contribution in [3.63, 3.8) is 0 Å². The Morgan fingerprint density at radius 2 is 2.00 bits per heavy atom. The number of hydrogen-bond donors (Lipinski definition) is 1. The number of likely N-dealkylation sites (tertiary alicyclic amines) is 1. The van der Waals surface area contributed by atoms with Crippen LogP contribution >= 0.6 is 0 Å². The number of carbonyl (C=O) groups is 2. The van der Waals surface area contributed by atoms with Crippen molar-refractivity contribution in [2.24, 2.45) is 5.92 Å². The zero-order valence-electron chi connectivity index (χ0n) is 10.2. The Labute approximate surface area is 109 Å². The standard InChI is InChI=1S/C13H14FNO4/c14-10-3-5-11(6-4-10)19-13(18)15-7-1-2-9(8-15)12(16)17/h3-6,9H,1-2,7-8H2,(H,16,17). The summed E-state index contributed by atoms with van der Waals surface area (Å²) in [5.41, 5.74) is 0. The van der Waals surface area contributed by atoms with Crippen molar-refractivity contribution < 1.29 is 23.8 Å². The van der Waals surface area contributed by atoms with Crippen LogP contribution in [0.5, 0.6) is 5.75 Å². The number of rotatable bonds is 2. The predicted molar refractivity (Wildman–Crippen MR) is 64.4 cm³/mol. The van der Waals surface area contributed by atoms with Crippen LogP contribution in [-0.4, -0.2) is 35.2 Å². The molecule has 1 amide bonds. The van der Waals surface area contributed by atoms with E-state index in [4.69, 9.17) is 9.84 Å². The van der Waals surface area contributed by atoms with Crippen LogP contribution in [0.3, 0.4) is 0 Å². The maximum Gasteiger partial charge on any atom is 0.415 e. The summed E-state index contributed by atoms with van der Waals surface area (Å²) < 4.78 is 17.8. The van der Waals surface area contributed by atoms with E-state index >= 15 is 0 Å². The lowest BCUT2D eigenvalue weighted by molar-refractivity contribution is -0.143. The minimum Gasteiger partial charge on any atom is -0.481 e. The molecule has 1 N–H and O–H groups in total. The first kappa shape index (κ1) is 13.3. The van der Waals surface area contributed by atoms with Crippen molar-refractivity contribution in [2.45, 2.75) is 12.8 Å². The molecule has 5 nitrogen and oxygen atoms in total. The highest BCUT2D eigenvalue weighted by molar-refractivity contribution is 5.74. The van der Waals surface area contributed by atoms with Crippen LogP contribution in [-0.2, 0) is 4.79 Å². The van der Waals surface area contributed by atoms with Crippen LogP contribution in [0, 0.1) is 11.7 Å². The molecule has 1 heterocycles. The van der Waals surface area contributed by atoms with E-state index in [2.05, 4.69) is 0 Å². The van der Waals surface area contributed by atoms with E-state index < -0.39 is 23.8 Å². The molecule has 1 atom stereocenters. The van der Waals surface area contributed by atoms with Crippen LogP contribution in [0.15, 0.2) is 24.3 Å². The van der Waals surface area contributed by atoms with Gasteiger partial charge in [0.2, 0.25) is 0 Å². The van der Waals surface area contributed by atoms with Gasteiger partial charge in [0.25, 0.3) is 0 Å². The summed E-state index contributed by atoms with van der Waals surface area (Å²) in [6.45, 7) is 0.624. The first-order valence-electron chi connectivity index (χ1n) is 6.01. The van der Waals surface area contributed by atoms with Gasteiger partial charge in [-0.1, -0.05) is 0 Å². The summed E-state index contributed by atoms with van der Waals surface area (Å²) in [7, 11) is 0. The second-order valence-corrected chi connectivity index (χ2v) is 4.45. The van der Waals surface area contributed by atoms with E-state index in [1.165, 1.54) is 29.2 Å². The third-order valence-electron chi connectivity index (χ3n) is 3.05. The minimum atomic E-state index is -0.903. The molecule has 2 rings (SSSR count). The molecular weight excluding hydrogens is 253 g/mol. The molecule has 0 bridgehead atoms. The molecule has 1 aliphatic heterocycles. The number of amides is 1. The van der Waals surface area contributed by atoms with Gasteiger partial charge in [0.1, 0.15) is 11.6 Å². The van der Waals surface area contributed by atoms with Crippen molar-refractivity contribution in [1.29, 1.82) is 0 Å². The quantitative estimate of drug-likeness (QED) is 0.891. The Kier molecular flexibility index (Phi) is 3.99. The molecule has 1 aliphatic rings. The van der Waals surface area contributed by atoms with Gasteiger partial charge in [-0.3, -0.25) is 4.79 Å². The van der Waals surface area contributed by atoms with Gasteiger partial charge >= 0.3 is 12.1 Å². The number of halogens is 1. The lowest BCUT2D eigenvalue weighted by Crippen LogP contribution is -2.43. The van der Waals surface area contributed by atoms with Gasteiger partial charge in [-0.05, 0) is 37.1 Å². The predicted octanol–water partition coefficient (Wildman–Crippen LogP) is 2.12. The maximum absolute atomic E-state index is 12.7. The highest BCUT2D eigenvalue weighted by Gasteiger charge is 2.29. The number of carboxylic acid groups (broad SMARTS) is 1. The molecule has 0 aliphatic carbocycles. The Hall–Kier alpha value is -2.11. The number of piperidine rings is 1. The normalized spacial score (nSPS) is 19.0. The number of aliphatic carboxylic acids is 1. The average Bonchev–Trinajstić information content (AvgIpc) is 2.41. The second kappa shape index (κ2) is 5.69. The highest BCUT2D eigenvalue weighted by Crippen LogP contribution is 2.19. The maximum atomic E-state index is 12.7. The van der Waals surface area contributed by atoms with E-state index in [0.717, 1.165) is 0 Å². The molecule has 1 aromatic rings. The monoisotopic (exact) mass is 267 g/mol. The molecule has 0 spiro atoms. The molecule has 0 saturated carbocycles. The molecule has 1 unspecified atom stereocenters. The lowest BCUT2D eigenvalue weighted by Gasteiger charge is -2.29. The summed E-state index contributed by atoms with van der Waals surface area (Å²) in [6.07, 6.45) is 0.600. The molecule has 1 saturated heterocycles. The Balaban J connectivity index is 1.96. The van der Waals surface area contributed by atoms with Crippen LogP contribution in [0.2, 0.25) is 0 Å². The number of carbonyl (C=O) groups excluding carboxylic acids is 1. The number of ether oxygens (including phenoxy) is 1. The Morgan fingerprint density at radius 3 is 2.63 bits per heavy atom. The Morgan fingerprint density at radius 1 is 1.32 bits per heavy atom. The number of benzene rings is 1. The third-order valence-corrected chi connectivity index (χ3v) is 3.05. The van der Waals surface area contributed by atoms with Gasteiger partial charge in [-0.15, -0.1) is 0 Å². The van der Waals surface area contributed by atoms with E-state index in [-0.39, 0.29) is 12.3 Å². The van der Waals surface area contributed by atoms with Gasteiger partial charge < -0.3 is 14.7 Å². The third kappa shape index (κ3) is 3.43. The largest absolute Gasteiger partial charge is 0.481 e. The molecule has 0 radical (unpaired) electrons. The van der Waals surface area contributed by atoms with Crippen LogP contribution in [0.4, 0.5) is 9.18 Å². The van der Waals surface area contributed by atoms with Crippen molar-refractivity contribution in [1.82, 2.24) is 4.90 Å². The molecule has 6 heteroatoms. The van der Waals surface area contributed by atoms with E-state index in [1.54, 1.807) is 0 Å². The molecule has 102 valence electrons. The molecule has 1 fully saturated rings. The van der Waals surface area contributed by atoms with E-state index in [9.17, 15) is 14.0 Å². The lowest BCUT2D eigenvalue weighted by atomic mass is 9.99. The van der Waals surface area contributed by atoms with Crippen molar-refractivity contribution in [2.75, 3.05) is 13.1 Å². The number of hydrogen-bond acceptors (Lipinski definition) is 3. The van der Waals surface area contributed by atoms with Gasteiger partial charge in [-0.25, -0.2) is 9.18 Å². The van der Waals surface area contributed by atoms with Crippen molar-refractivity contribution in [3.8, 4) is 5.75 Å². The van der Waals surface area contributed by atoms with Gasteiger partial charge in [0, 0.05) is 13.1 Å². The van der Waals surface area contributed by atoms with Gasteiger partial charge in [0.15, 0.2) is 0 Å². The van der Waals surface area contributed by atoms with Crippen LogP contribution in [0.25, 0.3) is 0 Å². The molecule has 19 heavy (non-hydrogen) atoms. The summed E-state index contributed by atoms with van der Waals surface area (Å²) in [4.78, 5) is 24.1. The van der Waals surface area contributed by atoms with Gasteiger partial charge in [-0.2, -0.15) is 0 Å². The van der Waals surface area contributed by atoms with Crippen molar-refractivity contribution >= 4 is 12.1 Å². The summed E-state index contributed by atoms with van der Waals surface area (Å²) >= 11 is 0. The summed E-state index contributed by atoms with van der Waals surface area (Å²) in [5, 5.41) is 8.94. The second-order valence-electron chi connectivity index (χ2n) is 4.45.